The van der Waals surface area contributed by atoms with Crippen LogP contribution in [0, 0.1) is 25.2 Å². The summed E-state index contributed by atoms with van der Waals surface area (Å²) in [4.78, 5) is 14.6. The molecule has 4 rings (SSSR count). The number of aryl methyl sites for hydroxylation is 1. The number of hydrogen-bond donors (Lipinski definition) is 1. The van der Waals surface area contributed by atoms with E-state index in [0.29, 0.717) is 23.2 Å². The highest BCUT2D eigenvalue weighted by Crippen LogP contribution is 2.51. The van der Waals surface area contributed by atoms with Gasteiger partial charge in [0, 0.05) is 41.1 Å². The number of carbonyl (C=O) groups is 1. The Kier molecular flexibility index (Phi) is 4.79. The van der Waals surface area contributed by atoms with Crippen molar-refractivity contribution in [1.29, 1.82) is 5.26 Å². The van der Waals surface area contributed by atoms with Crippen LogP contribution in [-0.2, 0) is 0 Å². The summed E-state index contributed by atoms with van der Waals surface area (Å²) in [6, 6.07) is 9.25. The predicted molar refractivity (Wildman–Crippen MR) is 103 cm³/mol. The summed E-state index contributed by atoms with van der Waals surface area (Å²) in [5, 5.41) is 19.2. The summed E-state index contributed by atoms with van der Waals surface area (Å²) < 4.78 is 42.1. The highest BCUT2D eigenvalue weighted by molar-refractivity contribution is 5.99. The smallest absolute Gasteiger partial charge is 0.379 e. The molecule has 2 aliphatic rings. The fourth-order valence-corrected chi connectivity index (χ4v) is 5.09. The van der Waals surface area contributed by atoms with Crippen LogP contribution in [0.25, 0.3) is 5.69 Å². The molecule has 2 saturated heterocycles. The highest BCUT2D eigenvalue weighted by Gasteiger charge is 2.67. The van der Waals surface area contributed by atoms with Crippen molar-refractivity contribution in [3.8, 4) is 11.8 Å². The molecular formula is C22H22F3N3O2. The molecule has 1 aromatic carbocycles. The van der Waals surface area contributed by atoms with Crippen molar-refractivity contribution in [2.75, 3.05) is 6.54 Å². The fraction of sp³-hybridized carbons (Fsp3) is 0.455. The minimum absolute atomic E-state index is 0.147. The van der Waals surface area contributed by atoms with E-state index in [1.165, 1.54) is 4.90 Å². The lowest BCUT2D eigenvalue weighted by molar-refractivity contribution is -0.268. The molecule has 3 atom stereocenters. The van der Waals surface area contributed by atoms with Crippen LogP contribution in [-0.4, -0.2) is 50.8 Å². The second-order valence-corrected chi connectivity index (χ2v) is 8.25. The Morgan fingerprint density at radius 1 is 1.27 bits per heavy atom. The fourth-order valence-electron chi connectivity index (χ4n) is 5.09. The molecule has 2 fully saturated rings. The van der Waals surface area contributed by atoms with Gasteiger partial charge < -0.3 is 9.67 Å². The van der Waals surface area contributed by atoms with Gasteiger partial charge in [0.1, 0.15) is 0 Å². The number of nitrogens with zero attached hydrogens (tertiary/aromatic N) is 3. The summed E-state index contributed by atoms with van der Waals surface area (Å²) in [5.74, 6) is -0.258. The number of nitriles is 1. The molecule has 2 aliphatic heterocycles. The van der Waals surface area contributed by atoms with Gasteiger partial charge >= 0.3 is 6.18 Å². The van der Waals surface area contributed by atoms with Crippen molar-refractivity contribution in [3.05, 3.63) is 52.8 Å². The van der Waals surface area contributed by atoms with E-state index >= 15 is 0 Å². The molecule has 2 bridgehead atoms. The SMILES string of the molecule is Cc1cc(C(=O)CN2[C@H]3CC[C@@H]2[C@@](O)(C(F)(F)F)C3)c(C)n1-c1ccc(C#N)cc1. The average molecular weight is 417 g/mol. The zero-order valence-electron chi connectivity index (χ0n) is 16.7. The molecule has 1 aromatic heterocycles. The van der Waals surface area contributed by atoms with Crippen molar-refractivity contribution in [3.63, 3.8) is 0 Å². The van der Waals surface area contributed by atoms with E-state index in [9.17, 15) is 23.1 Å². The van der Waals surface area contributed by atoms with Gasteiger partial charge in [-0.2, -0.15) is 18.4 Å². The number of benzene rings is 1. The molecule has 0 unspecified atom stereocenters. The molecule has 0 radical (unpaired) electrons. The van der Waals surface area contributed by atoms with Crippen molar-refractivity contribution >= 4 is 5.78 Å². The standard InChI is InChI=1S/C22H22F3N3O2/c1-13-9-18(14(2)28(13)16-5-3-15(11-26)4-6-16)19(29)12-27-17-7-8-20(27)21(30,10-17)22(23,24)25/h3-6,9,17,20,30H,7-8,10,12H2,1-2H3/t17-,20+,21+/m0/s1. The second kappa shape index (κ2) is 6.96. The summed E-state index contributed by atoms with van der Waals surface area (Å²) in [6.45, 7) is 3.50. The first-order chi connectivity index (χ1) is 14.1. The Morgan fingerprint density at radius 2 is 1.93 bits per heavy atom. The number of ketones is 1. The lowest BCUT2D eigenvalue weighted by Gasteiger charge is -2.34. The van der Waals surface area contributed by atoms with Crippen molar-refractivity contribution < 1.29 is 23.1 Å². The Balaban J connectivity index is 1.59. The molecule has 8 heteroatoms. The first-order valence-electron chi connectivity index (χ1n) is 9.84. The molecular weight excluding hydrogens is 395 g/mol. The van der Waals surface area contributed by atoms with Crippen LogP contribution in [0.15, 0.2) is 30.3 Å². The highest BCUT2D eigenvalue weighted by atomic mass is 19.4. The molecule has 30 heavy (non-hydrogen) atoms. The minimum Gasteiger partial charge on any atom is -0.379 e. The number of halogens is 3. The van der Waals surface area contributed by atoms with E-state index in [1.807, 2.05) is 11.5 Å². The van der Waals surface area contributed by atoms with Crippen LogP contribution >= 0.6 is 0 Å². The van der Waals surface area contributed by atoms with Crippen LogP contribution in [0.3, 0.4) is 0 Å². The quantitative estimate of drug-likeness (QED) is 0.771. The van der Waals surface area contributed by atoms with Gasteiger partial charge in [-0.05, 0) is 57.0 Å². The summed E-state index contributed by atoms with van der Waals surface area (Å²) in [7, 11) is 0. The molecule has 0 aliphatic carbocycles. The molecule has 0 amide bonds. The third-order valence-corrected chi connectivity index (χ3v) is 6.54. The predicted octanol–water partition coefficient (Wildman–Crippen LogP) is 3.68. The third kappa shape index (κ3) is 3.04. The lowest BCUT2D eigenvalue weighted by atomic mass is 9.84. The van der Waals surface area contributed by atoms with E-state index in [4.69, 9.17) is 5.26 Å². The van der Waals surface area contributed by atoms with Crippen LogP contribution < -0.4 is 0 Å². The number of aromatic nitrogens is 1. The first-order valence-corrected chi connectivity index (χ1v) is 9.84. The molecule has 2 aromatic rings. The van der Waals surface area contributed by atoms with Crippen molar-refractivity contribution in [2.24, 2.45) is 0 Å². The maximum Gasteiger partial charge on any atom is 0.418 e. The summed E-state index contributed by atoms with van der Waals surface area (Å²) >= 11 is 0. The Labute approximate surface area is 172 Å². The third-order valence-electron chi connectivity index (χ3n) is 6.54. The number of fused-ring (bicyclic) bond motifs is 2. The van der Waals surface area contributed by atoms with Gasteiger partial charge in [-0.15, -0.1) is 0 Å². The number of aliphatic hydroxyl groups is 1. The van der Waals surface area contributed by atoms with Gasteiger partial charge in [-0.1, -0.05) is 0 Å². The van der Waals surface area contributed by atoms with Crippen LogP contribution in [0.4, 0.5) is 13.2 Å². The van der Waals surface area contributed by atoms with Crippen LogP contribution in [0.2, 0.25) is 0 Å². The number of carbonyl (C=O) groups excluding carboxylic acids is 1. The Morgan fingerprint density at radius 3 is 2.50 bits per heavy atom. The maximum atomic E-state index is 13.4. The largest absolute Gasteiger partial charge is 0.418 e. The second-order valence-electron chi connectivity index (χ2n) is 8.25. The van der Waals surface area contributed by atoms with E-state index in [1.54, 1.807) is 37.3 Å². The molecule has 158 valence electrons. The van der Waals surface area contributed by atoms with Gasteiger partial charge in [0.2, 0.25) is 0 Å². The minimum atomic E-state index is -4.71. The van der Waals surface area contributed by atoms with Crippen molar-refractivity contribution in [1.82, 2.24) is 9.47 Å². The number of alkyl halides is 3. The van der Waals surface area contributed by atoms with Crippen molar-refractivity contribution in [2.45, 2.75) is 57.0 Å². The Hall–Kier alpha value is -2.63. The number of hydrogen-bond acceptors (Lipinski definition) is 4. The molecule has 5 nitrogen and oxygen atoms in total. The van der Waals surface area contributed by atoms with E-state index in [-0.39, 0.29) is 25.2 Å². The monoisotopic (exact) mass is 417 g/mol. The maximum absolute atomic E-state index is 13.4. The molecule has 0 saturated carbocycles. The first kappa shape index (κ1) is 20.6. The van der Waals surface area contributed by atoms with Gasteiger partial charge in [-0.3, -0.25) is 9.69 Å². The number of rotatable bonds is 4. The lowest BCUT2D eigenvalue weighted by Crippen LogP contribution is -2.54. The summed E-state index contributed by atoms with van der Waals surface area (Å²) in [6.07, 6.45) is -4.29. The molecule has 1 N–H and O–H groups in total. The van der Waals surface area contributed by atoms with Crippen LogP contribution in [0.5, 0.6) is 0 Å². The molecule has 0 spiro atoms. The topological polar surface area (TPSA) is 69.3 Å². The van der Waals surface area contributed by atoms with Crippen LogP contribution in [0.1, 0.15) is 46.6 Å². The zero-order valence-corrected chi connectivity index (χ0v) is 16.7. The number of Topliss-reactive ketones (excluding diaryl/α,β-unsaturated/α-hetero) is 1. The average Bonchev–Trinajstić information content (AvgIpc) is 3.30. The van der Waals surface area contributed by atoms with E-state index in [0.717, 1.165) is 11.4 Å². The van der Waals surface area contributed by atoms with E-state index < -0.39 is 23.9 Å². The summed E-state index contributed by atoms with van der Waals surface area (Å²) in [5.41, 5.74) is 0.556. The normalized spacial score (nSPS) is 26.2. The van der Waals surface area contributed by atoms with Gasteiger partial charge in [0.15, 0.2) is 11.4 Å². The Bertz CT molecular complexity index is 1040. The zero-order chi connectivity index (χ0) is 21.8. The van der Waals surface area contributed by atoms with Gasteiger partial charge in [0.05, 0.1) is 18.2 Å². The van der Waals surface area contributed by atoms with Gasteiger partial charge in [-0.25, -0.2) is 0 Å². The molecule has 3 heterocycles. The van der Waals surface area contributed by atoms with E-state index in [2.05, 4.69) is 6.07 Å². The van der Waals surface area contributed by atoms with Gasteiger partial charge in [0.25, 0.3) is 0 Å².